The second kappa shape index (κ2) is 5.45. The van der Waals surface area contributed by atoms with Crippen molar-refractivity contribution in [1.29, 1.82) is 0 Å². The predicted octanol–water partition coefficient (Wildman–Crippen LogP) is 2.53. The lowest BCUT2D eigenvalue weighted by atomic mass is 10.2. The van der Waals surface area contributed by atoms with Crippen LogP contribution in [0.1, 0.15) is 5.01 Å². The van der Waals surface area contributed by atoms with E-state index in [1.165, 1.54) is 0 Å². The van der Waals surface area contributed by atoms with Gasteiger partial charge in [0.15, 0.2) is 0 Å². The van der Waals surface area contributed by atoms with Crippen molar-refractivity contribution in [3.05, 3.63) is 40.7 Å². The van der Waals surface area contributed by atoms with Gasteiger partial charge >= 0.3 is 0 Å². The summed E-state index contributed by atoms with van der Waals surface area (Å²) >= 11 is 1.65. The van der Waals surface area contributed by atoms with E-state index in [9.17, 15) is 0 Å². The number of hydrogen-bond donors (Lipinski definition) is 1. The first-order valence-corrected chi connectivity index (χ1v) is 5.92. The van der Waals surface area contributed by atoms with E-state index in [1.54, 1.807) is 11.3 Å². The smallest absolute Gasteiger partial charge is 0.107 e. The van der Waals surface area contributed by atoms with E-state index in [-0.39, 0.29) is 0 Å². The first-order valence-electron chi connectivity index (χ1n) is 5.04. The zero-order valence-electron chi connectivity index (χ0n) is 8.81. The summed E-state index contributed by atoms with van der Waals surface area (Å²) < 4.78 is 0. The van der Waals surface area contributed by atoms with Gasteiger partial charge in [-0.2, -0.15) is 0 Å². The second-order valence-electron chi connectivity index (χ2n) is 3.30. The Bertz CT molecular complexity index is 482. The molecule has 0 spiro atoms. The van der Waals surface area contributed by atoms with Crippen molar-refractivity contribution in [2.75, 3.05) is 6.54 Å². The van der Waals surface area contributed by atoms with Crippen molar-refractivity contribution >= 4 is 11.3 Å². The summed E-state index contributed by atoms with van der Waals surface area (Å²) in [6.45, 7) is 1.32. The maximum absolute atomic E-state index is 5.16. The zero-order valence-corrected chi connectivity index (χ0v) is 9.63. The van der Waals surface area contributed by atoms with E-state index >= 15 is 0 Å². The van der Waals surface area contributed by atoms with E-state index in [4.69, 9.17) is 6.42 Å². The van der Waals surface area contributed by atoms with Gasteiger partial charge < -0.3 is 0 Å². The molecule has 80 valence electrons. The second-order valence-corrected chi connectivity index (χ2v) is 4.24. The van der Waals surface area contributed by atoms with Gasteiger partial charge in [0.1, 0.15) is 5.01 Å². The monoisotopic (exact) mass is 228 g/mol. The Morgan fingerprint density at radius 2 is 2.12 bits per heavy atom. The average molecular weight is 228 g/mol. The average Bonchev–Trinajstić information content (AvgIpc) is 2.79. The molecule has 0 bridgehead atoms. The van der Waals surface area contributed by atoms with Crippen LogP contribution in [0.15, 0.2) is 35.7 Å². The maximum atomic E-state index is 5.16. The topological polar surface area (TPSA) is 24.9 Å². The molecule has 1 heterocycles. The van der Waals surface area contributed by atoms with Crippen LogP contribution in [0.5, 0.6) is 0 Å². The number of rotatable bonds is 4. The molecular formula is C13H12N2S. The molecule has 1 N–H and O–H groups in total. The fourth-order valence-electron chi connectivity index (χ4n) is 1.38. The number of aromatic nitrogens is 1. The minimum Gasteiger partial charge on any atom is -0.300 e. The van der Waals surface area contributed by atoms with Gasteiger partial charge in [0.2, 0.25) is 0 Å². The molecule has 0 amide bonds. The van der Waals surface area contributed by atoms with Crippen molar-refractivity contribution in [1.82, 2.24) is 10.3 Å². The molecular weight excluding hydrogens is 216 g/mol. The fourth-order valence-corrected chi connectivity index (χ4v) is 2.15. The third-order valence-electron chi connectivity index (χ3n) is 2.12. The molecule has 0 unspecified atom stereocenters. The summed E-state index contributed by atoms with van der Waals surface area (Å²) in [6, 6.07) is 10.2. The minimum atomic E-state index is 0.584. The molecule has 0 aliphatic carbocycles. The lowest BCUT2D eigenvalue weighted by Crippen LogP contribution is -2.12. The van der Waals surface area contributed by atoms with Crippen LogP contribution in [0, 0.1) is 12.3 Å². The van der Waals surface area contributed by atoms with Crippen LogP contribution in [-0.4, -0.2) is 11.5 Å². The number of nitrogens with one attached hydrogen (secondary N) is 1. The van der Waals surface area contributed by atoms with E-state index in [2.05, 4.69) is 33.7 Å². The Labute approximate surface area is 99.4 Å². The predicted molar refractivity (Wildman–Crippen MR) is 68.1 cm³/mol. The van der Waals surface area contributed by atoms with Gasteiger partial charge in [-0.1, -0.05) is 36.3 Å². The Morgan fingerprint density at radius 1 is 1.31 bits per heavy atom. The van der Waals surface area contributed by atoms with Crippen LogP contribution < -0.4 is 5.32 Å². The third-order valence-corrected chi connectivity index (χ3v) is 2.97. The Hall–Kier alpha value is -1.63. The molecule has 16 heavy (non-hydrogen) atoms. The number of nitrogens with zero attached hydrogens (tertiary/aromatic N) is 1. The van der Waals surface area contributed by atoms with E-state index in [0.717, 1.165) is 22.8 Å². The third kappa shape index (κ3) is 2.69. The molecule has 1 aromatic carbocycles. The maximum Gasteiger partial charge on any atom is 0.107 e. The highest BCUT2D eigenvalue weighted by Gasteiger charge is 2.02. The fraction of sp³-hybridized carbons (Fsp3) is 0.154. The summed E-state index contributed by atoms with van der Waals surface area (Å²) in [5.41, 5.74) is 2.19. The number of benzene rings is 1. The van der Waals surface area contributed by atoms with Gasteiger partial charge in [0, 0.05) is 17.5 Å². The molecule has 0 aliphatic rings. The summed E-state index contributed by atoms with van der Waals surface area (Å²) in [5.74, 6) is 2.54. The Morgan fingerprint density at radius 3 is 2.88 bits per heavy atom. The van der Waals surface area contributed by atoms with E-state index in [1.807, 2.05) is 18.2 Å². The van der Waals surface area contributed by atoms with Gasteiger partial charge in [-0.15, -0.1) is 17.8 Å². The molecule has 2 aromatic rings. The van der Waals surface area contributed by atoms with Gasteiger partial charge in [-0.05, 0) is 0 Å². The summed E-state index contributed by atoms with van der Waals surface area (Å²) in [4.78, 5) is 4.54. The van der Waals surface area contributed by atoms with Crippen molar-refractivity contribution in [2.45, 2.75) is 6.54 Å². The van der Waals surface area contributed by atoms with E-state index in [0.29, 0.717) is 6.54 Å². The molecule has 1 aromatic heterocycles. The highest BCUT2D eigenvalue weighted by atomic mass is 32.1. The van der Waals surface area contributed by atoms with Gasteiger partial charge in [-0.3, -0.25) is 5.32 Å². The van der Waals surface area contributed by atoms with Gasteiger partial charge in [-0.25, -0.2) is 4.98 Å². The first-order chi connectivity index (χ1) is 7.90. The van der Waals surface area contributed by atoms with Crippen LogP contribution in [0.3, 0.4) is 0 Å². The number of thiazole rings is 1. The lowest BCUT2D eigenvalue weighted by Gasteiger charge is -1.96. The van der Waals surface area contributed by atoms with Crippen molar-refractivity contribution in [2.24, 2.45) is 0 Å². The van der Waals surface area contributed by atoms with Crippen molar-refractivity contribution in [3.8, 4) is 23.6 Å². The van der Waals surface area contributed by atoms with Gasteiger partial charge in [0.05, 0.1) is 12.2 Å². The normalized spacial score (nSPS) is 9.94. The highest BCUT2D eigenvalue weighted by molar-refractivity contribution is 7.09. The molecule has 0 saturated carbocycles. The SMILES string of the molecule is C#CCNCc1nc(-c2ccccc2)cs1. The molecule has 2 nitrogen and oxygen atoms in total. The molecule has 3 heteroatoms. The highest BCUT2D eigenvalue weighted by Crippen LogP contribution is 2.21. The molecule has 0 saturated heterocycles. The lowest BCUT2D eigenvalue weighted by molar-refractivity contribution is 0.765. The largest absolute Gasteiger partial charge is 0.300 e. The van der Waals surface area contributed by atoms with Gasteiger partial charge in [0.25, 0.3) is 0 Å². The Kier molecular flexibility index (Phi) is 3.71. The van der Waals surface area contributed by atoms with Crippen molar-refractivity contribution in [3.63, 3.8) is 0 Å². The summed E-state index contributed by atoms with van der Waals surface area (Å²) in [7, 11) is 0. The molecule has 0 atom stereocenters. The molecule has 2 rings (SSSR count). The molecule has 0 fully saturated rings. The van der Waals surface area contributed by atoms with Crippen LogP contribution in [-0.2, 0) is 6.54 Å². The summed E-state index contributed by atoms with van der Waals surface area (Å²) in [5, 5.41) is 6.26. The van der Waals surface area contributed by atoms with E-state index < -0.39 is 0 Å². The van der Waals surface area contributed by atoms with Crippen LogP contribution in [0.2, 0.25) is 0 Å². The zero-order chi connectivity index (χ0) is 11.2. The minimum absolute atomic E-state index is 0.584. The standard InChI is InChI=1S/C13H12N2S/c1-2-8-14-9-13-15-12(10-16-13)11-6-4-3-5-7-11/h1,3-7,10,14H,8-9H2. The Balaban J connectivity index is 2.06. The summed E-state index contributed by atoms with van der Waals surface area (Å²) in [6.07, 6.45) is 5.16. The van der Waals surface area contributed by atoms with Crippen LogP contribution >= 0.6 is 11.3 Å². The first kappa shape index (κ1) is 10.9. The number of hydrogen-bond acceptors (Lipinski definition) is 3. The molecule has 0 radical (unpaired) electrons. The van der Waals surface area contributed by atoms with Crippen molar-refractivity contribution < 1.29 is 0 Å². The quantitative estimate of drug-likeness (QED) is 0.642. The molecule has 0 aliphatic heterocycles. The number of terminal acetylenes is 1. The van der Waals surface area contributed by atoms with Crippen LogP contribution in [0.25, 0.3) is 11.3 Å². The van der Waals surface area contributed by atoms with Crippen LogP contribution in [0.4, 0.5) is 0 Å².